The van der Waals surface area contributed by atoms with Crippen LogP contribution in [-0.4, -0.2) is 17.8 Å². The second-order valence-corrected chi connectivity index (χ2v) is 6.95. The van der Waals surface area contributed by atoms with Gasteiger partial charge in [0.1, 0.15) is 0 Å². The van der Waals surface area contributed by atoms with Crippen LogP contribution < -0.4 is 5.32 Å². The third kappa shape index (κ3) is 4.92. The van der Waals surface area contributed by atoms with Crippen molar-refractivity contribution in [2.75, 3.05) is 6.61 Å². The van der Waals surface area contributed by atoms with E-state index in [4.69, 9.17) is 0 Å². The van der Waals surface area contributed by atoms with Crippen LogP contribution >= 0.6 is 15.9 Å². The van der Waals surface area contributed by atoms with Gasteiger partial charge in [-0.2, -0.15) is 0 Å². The van der Waals surface area contributed by atoms with Crippen molar-refractivity contribution >= 4 is 20.4 Å². The predicted molar refractivity (Wildman–Crippen MR) is 112 cm³/mol. The topological polar surface area (TPSA) is 32.3 Å². The summed E-state index contributed by atoms with van der Waals surface area (Å²) in [5.41, 5.74) is 3.42. The average molecular weight is 408 g/mol. The molecule has 0 heterocycles. The quantitative estimate of drug-likeness (QED) is 0.566. The summed E-state index contributed by atoms with van der Waals surface area (Å²) in [5.74, 6) is 0. The second kappa shape index (κ2) is 9.48. The van der Waals surface area contributed by atoms with Crippen molar-refractivity contribution in [1.82, 2.24) is 5.32 Å². The number of nitrogens with one attached hydrogen (secondary N) is 1. The maximum absolute atomic E-state index is 9.94. The smallest absolute Gasteiger partial charge is 0.0621 e. The molecule has 0 aliphatic heterocycles. The first-order valence-electron chi connectivity index (χ1n) is 8.67. The van der Waals surface area contributed by atoms with Crippen molar-refractivity contribution in [3.05, 3.63) is 114 Å². The Bertz CT molecular complexity index is 779. The highest BCUT2D eigenvalue weighted by atomic mass is 79.9. The Morgan fingerprint density at radius 2 is 1.27 bits per heavy atom. The summed E-state index contributed by atoms with van der Waals surface area (Å²) in [7, 11) is 0. The van der Waals surface area contributed by atoms with Crippen LogP contribution in [0.2, 0.25) is 0 Å². The molecule has 0 spiro atoms. The minimum absolute atomic E-state index is 0.00173. The molecule has 0 aromatic heterocycles. The Morgan fingerprint density at radius 1 is 0.808 bits per heavy atom. The Kier molecular flexibility index (Phi) is 6.78. The number of hydrogen-bond donors (Lipinski definition) is 2. The van der Waals surface area contributed by atoms with E-state index in [1.807, 2.05) is 72.8 Å². The summed E-state index contributed by atoms with van der Waals surface area (Å²) in [6.45, 7) is 0.0120. The van der Waals surface area contributed by atoms with Gasteiger partial charge in [0.15, 0.2) is 0 Å². The molecule has 0 amide bonds. The molecular weight excluding hydrogens is 386 g/mol. The summed E-state index contributed by atoms with van der Waals surface area (Å²) in [6.07, 6.45) is 2.02. The lowest BCUT2D eigenvalue weighted by Gasteiger charge is -2.24. The molecule has 0 saturated heterocycles. The number of rotatable bonds is 7. The third-order valence-electron chi connectivity index (χ3n) is 4.24. The molecule has 2 N–H and O–H groups in total. The molecule has 1 unspecified atom stereocenters. The van der Waals surface area contributed by atoms with E-state index in [0.717, 1.165) is 10.0 Å². The highest BCUT2D eigenvalue weighted by molar-refractivity contribution is 9.15. The van der Waals surface area contributed by atoms with Crippen LogP contribution in [0.5, 0.6) is 0 Å². The van der Waals surface area contributed by atoms with Crippen LogP contribution in [0.15, 0.2) is 97.1 Å². The number of benzene rings is 3. The SMILES string of the molecule is OCC(C=C(Br)c1ccccc1)NC(c1ccccc1)c1ccccc1. The monoisotopic (exact) mass is 407 g/mol. The van der Waals surface area contributed by atoms with Gasteiger partial charge < -0.3 is 5.11 Å². The van der Waals surface area contributed by atoms with E-state index in [1.54, 1.807) is 0 Å². The highest BCUT2D eigenvalue weighted by Gasteiger charge is 2.17. The largest absolute Gasteiger partial charge is 0.394 e. The van der Waals surface area contributed by atoms with Gasteiger partial charge in [-0.1, -0.05) is 113 Å². The molecule has 3 aromatic carbocycles. The minimum atomic E-state index is -0.185. The van der Waals surface area contributed by atoms with E-state index in [2.05, 4.69) is 45.5 Å². The van der Waals surface area contributed by atoms with E-state index >= 15 is 0 Å². The first kappa shape index (κ1) is 18.6. The lowest BCUT2D eigenvalue weighted by atomic mass is 9.97. The molecule has 0 fully saturated rings. The second-order valence-electron chi connectivity index (χ2n) is 6.09. The number of aliphatic hydroxyl groups excluding tert-OH is 1. The average Bonchev–Trinajstić information content (AvgIpc) is 2.73. The molecule has 3 heteroatoms. The molecule has 132 valence electrons. The van der Waals surface area contributed by atoms with Crippen LogP contribution in [0, 0.1) is 0 Å². The van der Waals surface area contributed by atoms with Crippen molar-refractivity contribution in [2.45, 2.75) is 12.1 Å². The van der Waals surface area contributed by atoms with Crippen molar-refractivity contribution in [3.63, 3.8) is 0 Å². The third-order valence-corrected chi connectivity index (χ3v) is 4.96. The molecule has 1 atom stereocenters. The van der Waals surface area contributed by atoms with Gasteiger partial charge in [0, 0.05) is 4.48 Å². The van der Waals surface area contributed by atoms with Crippen LogP contribution in [0.3, 0.4) is 0 Å². The van der Waals surface area contributed by atoms with Crippen LogP contribution in [-0.2, 0) is 0 Å². The molecule has 0 bridgehead atoms. The minimum Gasteiger partial charge on any atom is -0.394 e. The maximum atomic E-state index is 9.94. The van der Waals surface area contributed by atoms with Crippen molar-refractivity contribution in [2.24, 2.45) is 0 Å². The molecule has 0 aliphatic rings. The summed E-state index contributed by atoms with van der Waals surface area (Å²) < 4.78 is 0.963. The predicted octanol–water partition coefficient (Wildman–Crippen LogP) is 5.16. The Balaban J connectivity index is 1.87. The molecule has 2 nitrogen and oxygen atoms in total. The Hall–Kier alpha value is -2.20. The highest BCUT2D eigenvalue weighted by Crippen LogP contribution is 2.25. The summed E-state index contributed by atoms with van der Waals surface area (Å²) in [4.78, 5) is 0. The van der Waals surface area contributed by atoms with Gasteiger partial charge in [0.05, 0.1) is 18.7 Å². The molecule has 0 saturated carbocycles. The van der Waals surface area contributed by atoms with Gasteiger partial charge in [-0.25, -0.2) is 0 Å². The van der Waals surface area contributed by atoms with E-state index < -0.39 is 0 Å². The number of hydrogen-bond acceptors (Lipinski definition) is 2. The van der Waals surface area contributed by atoms with Gasteiger partial charge in [0.2, 0.25) is 0 Å². The fourth-order valence-electron chi connectivity index (χ4n) is 2.91. The van der Waals surface area contributed by atoms with Gasteiger partial charge in [-0.15, -0.1) is 0 Å². The molecule has 26 heavy (non-hydrogen) atoms. The summed E-state index contributed by atoms with van der Waals surface area (Å²) in [6, 6.07) is 30.5. The van der Waals surface area contributed by atoms with Crippen LogP contribution in [0.4, 0.5) is 0 Å². The van der Waals surface area contributed by atoms with E-state index in [1.165, 1.54) is 11.1 Å². The normalized spacial score (nSPS) is 13.0. The lowest BCUT2D eigenvalue weighted by molar-refractivity contribution is 0.259. The van der Waals surface area contributed by atoms with Gasteiger partial charge >= 0.3 is 0 Å². The zero-order valence-corrected chi connectivity index (χ0v) is 16.0. The summed E-state index contributed by atoms with van der Waals surface area (Å²) >= 11 is 3.64. The Morgan fingerprint density at radius 3 is 1.73 bits per heavy atom. The first-order valence-corrected chi connectivity index (χ1v) is 9.47. The van der Waals surface area contributed by atoms with Gasteiger partial charge in [-0.05, 0) is 16.7 Å². The lowest BCUT2D eigenvalue weighted by Crippen LogP contribution is -2.35. The summed E-state index contributed by atoms with van der Waals surface area (Å²) in [5, 5.41) is 13.5. The zero-order chi connectivity index (χ0) is 18.2. The van der Waals surface area contributed by atoms with Crippen molar-refractivity contribution in [1.29, 1.82) is 0 Å². The number of halogens is 1. The van der Waals surface area contributed by atoms with Crippen molar-refractivity contribution in [3.8, 4) is 0 Å². The zero-order valence-electron chi connectivity index (χ0n) is 14.4. The molecule has 0 aliphatic carbocycles. The van der Waals surface area contributed by atoms with Crippen LogP contribution in [0.25, 0.3) is 4.48 Å². The van der Waals surface area contributed by atoms with Crippen molar-refractivity contribution < 1.29 is 5.11 Å². The van der Waals surface area contributed by atoms with E-state index in [9.17, 15) is 5.11 Å². The first-order chi connectivity index (χ1) is 12.8. The van der Waals surface area contributed by atoms with E-state index in [-0.39, 0.29) is 18.7 Å². The van der Waals surface area contributed by atoms with Gasteiger partial charge in [0.25, 0.3) is 0 Å². The molecule has 3 aromatic rings. The standard InChI is InChI=1S/C23H22BrNO/c24-22(18-10-4-1-5-11-18)16-21(17-26)25-23(19-12-6-2-7-13-19)20-14-8-3-9-15-20/h1-16,21,23,25-26H,17H2. The maximum Gasteiger partial charge on any atom is 0.0621 e. The molecular formula is C23H22BrNO. The molecule has 0 radical (unpaired) electrons. The Labute approximate surface area is 163 Å². The van der Waals surface area contributed by atoms with E-state index in [0.29, 0.717) is 0 Å². The van der Waals surface area contributed by atoms with Gasteiger partial charge in [-0.3, -0.25) is 5.32 Å². The molecule has 3 rings (SSSR count). The number of aliphatic hydroxyl groups is 1. The fourth-order valence-corrected chi connectivity index (χ4v) is 3.50. The fraction of sp³-hybridized carbons (Fsp3) is 0.130. The van der Waals surface area contributed by atoms with Crippen LogP contribution in [0.1, 0.15) is 22.7 Å².